The number of aromatic nitrogens is 1. The van der Waals surface area contributed by atoms with E-state index < -0.39 is 0 Å². The van der Waals surface area contributed by atoms with Crippen molar-refractivity contribution < 1.29 is 9.53 Å². The Labute approximate surface area is 125 Å². The number of carbonyl (C=O) groups is 1. The minimum atomic E-state index is 0.120. The van der Waals surface area contributed by atoms with Crippen LogP contribution in [0.4, 0.5) is 0 Å². The van der Waals surface area contributed by atoms with E-state index in [1.54, 1.807) is 7.11 Å². The number of hydrogen-bond donors (Lipinski definition) is 1. The number of piperidine rings is 1. The van der Waals surface area contributed by atoms with Crippen molar-refractivity contribution in [2.24, 2.45) is 5.92 Å². The van der Waals surface area contributed by atoms with Gasteiger partial charge >= 0.3 is 0 Å². The molecule has 21 heavy (non-hydrogen) atoms. The molecule has 4 heteroatoms. The highest BCUT2D eigenvalue weighted by Gasteiger charge is 2.24. The highest BCUT2D eigenvalue weighted by Crippen LogP contribution is 2.27. The Morgan fingerprint density at radius 2 is 2.05 bits per heavy atom. The third-order valence-electron chi connectivity index (χ3n) is 4.55. The van der Waals surface area contributed by atoms with Crippen molar-refractivity contribution in [3.05, 3.63) is 29.5 Å². The smallest absolute Gasteiger partial charge is 0.270 e. The molecule has 0 spiro atoms. The molecule has 1 aliphatic rings. The minimum absolute atomic E-state index is 0.120. The number of likely N-dealkylation sites (tertiary alicyclic amines) is 1. The fourth-order valence-corrected chi connectivity index (χ4v) is 3.02. The Bertz CT molecular complexity index is 667. The number of hydrogen-bond acceptors (Lipinski definition) is 2. The molecule has 112 valence electrons. The van der Waals surface area contributed by atoms with Crippen LogP contribution in [0.15, 0.2) is 18.2 Å². The van der Waals surface area contributed by atoms with E-state index in [-0.39, 0.29) is 5.91 Å². The van der Waals surface area contributed by atoms with Crippen molar-refractivity contribution in [2.75, 3.05) is 20.2 Å². The van der Waals surface area contributed by atoms with Gasteiger partial charge in [-0.1, -0.05) is 6.92 Å². The van der Waals surface area contributed by atoms with Gasteiger partial charge in [0.2, 0.25) is 0 Å². The Morgan fingerprint density at radius 3 is 2.71 bits per heavy atom. The first-order valence-corrected chi connectivity index (χ1v) is 7.55. The van der Waals surface area contributed by atoms with E-state index in [0.29, 0.717) is 5.69 Å². The summed E-state index contributed by atoms with van der Waals surface area (Å²) in [5, 5.41) is 1.06. The van der Waals surface area contributed by atoms with Gasteiger partial charge in [0.1, 0.15) is 11.4 Å². The molecule has 0 saturated carbocycles. The summed E-state index contributed by atoms with van der Waals surface area (Å²) in [5.74, 6) is 1.66. The van der Waals surface area contributed by atoms with Gasteiger partial charge in [-0.15, -0.1) is 0 Å². The predicted molar refractivity (Wildman–Crippen MR) is 83.9 cm³/mol. The van der Waals surface area contributed by atoms with Crippen molar-refractivity contribution >= 4 is 16.8 Å². The summed E-state index contributed by atoms with van der Waals surface area (Å²) in [7, 11) is 1.66. The quantitative estimate of drug-likeness (QED) is 0.920. The van der Waals surface area contributed by atoms with Crippen LogP contribution in [0.5, 0.6) is 5.75 Å². The molecule has 1 saturated heterocycles. The monoisotopic (exact) mass is 286 g/mol. The summed E-state index contributed by atoms with van der Waals surface area (Å²) in [6, 6.07) is 5.86. The first kappa shape index (κ1) is 14.0. The first-order chi connectivity index (χ1) is 10.1. The van der Waals surface area contributed by atoms with Gasteiger partial charge in [-0.3, -0.25) is 4.79 Å². The van der Waals surface area contributed by atoms with E-state index in [1.165, 1.54) is 0 Å². The molecule has 0 bridgehead atoms. The highest BCUT2D eigenvalue weighted by molar-refractivity contribution is 6.01. The Balaban J connectivity index is 1.93. The second-order valence-electron chi connectivity index (χ2n) is 6.01. The molecule has 1 aliphatic heterocycles. The van der Waals surface area contributed by atoms with Gasteiger partial charge in [0.05, 0.1) is 7.11 Å². The maximum atomic E-state index is 12.7. The van der Waals surface area contributed by atoms with Crippen LogP contribution in [-0.4, -0.2) is 36.0 Å². The van der Waals surface area contributed by atoms with Gasteiger partial charge in [-0.05, 0) is 49.4 Å². The number of nitrogens with one attached hydrogen (secondary N) is 1. The van der Waals surface area contributed by atoms with E-state index in [2.05, 4.69) is 11.9 Å². The van der Waals surface area contributed by atoms with Crippen LogP contribution in [0, 0.1) is 12.8 Å². The highest BCUT2D eigenvalue weighted by atomic mass is 16.5. The zero-order chi connectivity index (χ0) is 15.0. The van der Waals surface area contributed by atoms with Gasteiger partial charge in [0, 0.05) is 24.0 Å². The number of amides is 1. The number of fused-ring (bicyclic) bond motifs is 1. The normalized spacial score (nSPS) is 16.4. The molecule has 2 aromatic rings. The van der Waals surface area contributed by atoms with Crippen LogP contribution < -0.4 is 4.74 Å². The van der Waals surface area contributed by atoms with E-state index in [4.69, 9.17) is 4.74 Å². The molecule has 0 aliphatic carbocycles. The van der Waals surface area contributed by atoms with Crippen LogP contribution in [-0.2, 0) is 0 Å². The summed E-state index contributed by atoms with van der Waals surface area (Å²) in [6.45, 7) is 5.97. The summed E-state index contributed by atoms with van der Waals surface area (Å²) < 4.78 is 5.27. The third kappa shape index (κ3) is 2.50. The van der Waals surface area contributed by atoms with E-state index in [1.807, 2.05) is 30.0 Å². The molecule has 0 atom stereocenters. The fraction of sp³-hybridized carbons (Fsp3) is 0.471. The Kier molecular flexibility index (Phi) is 3.62. The number of methoxy groups -OCH3 is 1. The first-order valence-electron chi connectivity index (χ1n) is 7.55. The lowest BCUT2D eigenvalue weighted by Crippen LogP contribution is -2.38. The molecule has 0 unspecified atom stereocenters. The lowest BCUT2D eigenvalue weighted by atomic mass is 9.99. The lowest BCUT2D eigenvalue weighted by Gasteiger charge is -2.30. The molecule has 0 radical (unpaired) electrons. The second-order valence-corrected chi connectivity index (χ2v) is 6.01. The zero-order valence-electron chi connectivity index (χ0n) is 12.9. The topological polar surface area (TPSA) is 45.3 Å². The summed E-state index contributed by atoms with van der Waals surface area (Å²) in [5.41, 5.74) is 2.71. The number of aromatic amines is 1. The zero-order valence-corrected chi connectivity index (χ0v) is 12.9. The molecule has 1 amide bonds. The lowest BCUT2D eigenvalue weighted by molar-refractivity contribution is 0.0691. The van der Waals surface area contributed by atoms with Gasteiger partial charge < -0.3 is 14.6 Å². The van der Waals surface area contributed by atoms with E-state index in [0.717, 1.165) is 54.1 Å². The number of rotatable bonds is 2. The average molecular weight is 286 g/mol. The van der Waals surface area contributed by atoms with Gasteiger partial charge in [-0.25, -0.2) is 0 Å². The molecular formula is C17H22N2O2. The van der Waals surface area contributed by atoms with E-state index >= 15 is 0 Å². The standard InChI is InChI=1S/C17H22N2O2/c1-11-6-8-19(9-7-11)17(20)16-12(2)14-10-13(21-3)4-5-15(14)18-16/h4-5,10-11,18H,6-9H2,1-3H3. The molecule has 2 heterocycles. The maximum absolute atomic E-state index is 12.7. The van der Waals surface area contributed by atoms with Crippen LogP contribution in [0.1, 0.15) is 35.8 Å². The molecule has 1 fully saturated rings. The van der Waals surface area contributed by atoms with Gasteiger partial charge in [0.25, 0.3) is 5.91 Å². The maximum Gasteiger partial charge on any atom is 0.270 e. The van der Waals surface area contributed by atoms with Crippen molar-refractivity contribution in [3.8, 4) is 5.75 Å². The van der Waals surface area contributed by atoms with Crippen molar-refractivity contribution in [2.45, 2.75) is 26.7 Å². The van der Waals surface area contributed by atoms with Crippen LogP contribution >= 0.6 is 0 Å². The second kappa shape index (κ2) is 5.43. The summed E-state index contributed by atoms with van der Waals surface area (Å²) in [4.78, 5) is 18.0. The summed E-state index contributed by atoms with van der Waals surface area (Å²) >= 11 is 0. The molecule has 1 aromatic heterocycles. The van der Waals surface area contributed by atoms with Gasteiger partial charge in [-0.2, -0.15) is 0 Å². The fourth-order valence-electron chi connectivity index (χ4n) is 3.02. The number of aryl methyl sites for hydroxylation is 1. The van der Waals surface area contributed by atoms with Crippen LogP contribution in [0.2, 0.25) is 0 Å². The SMILES string of the molecule is COc1ccc2[nH]c(C(=O)N3CCC(C)CC3)c(C)c2c1. The number of benzene rings is 1. The predicted octanol–water partition coefficient (Wildman–Crippen LogP) is 3.36. The van der Waals surface area contributed by atoms with E-state index in [9.17, 15) is 4.79 Å². The third-order valence-corrected chi connectivity index (χ3v) is 4.55. The van der Waals surface area contributed by atoms with Crippen molar-refractivity contribution in [3.63, 3.8) is 0 Å². The Morgan fingerprint density at radius 1 is 1.33 bits per heavy atom. The van der Waals surface area contributed by atoms with Crippen LogP contribution in [0.3, 0.4) is 0 Å². The molecule has 1 aromatic carbocycles. The largest absolute Gasteiger partial charge is 0.497 e. The average Bonchev–Trinajstić information content (AvgIpc) is 2.84. The number of H-pyrrole nitrogens is 1. The van der Waals surface area contributed by atoms with Crippen LogP contribution in [0.25, 0.3) is 10.9 Å². The van der Waals surface area contributed by atoms with Crippen molar-refractivity contribution in [1.29, 1.82) is 0 Å². The molecule has 1 N–H and O–H groups in total. The summed E-state index contributed by atoms with van der Waals surface area (Å²) in [6.07, 6.45) is 2.19. The number of nitrogens with zero attached hydrogens (tertiary/aromatic N) is 1. The Hall–Kier alpha value is -1.97. The number of carbonyl (C=O) groups excluding carboxylic acids is 1. The van der Waals surface area contributed by atoms with Crippen molar-refractivity contribution in [1.82, 2.24) is 9.88 Å². The van der Waals surface area contributed by atoms with Gasteiger partial charge in [0.15, 0.2) is 0 Å². The molecule has 4 nitrogen and oxygen atoms in total. The minimum Gasteiger partial charge on any atom is -0.497 e. The number of ether oxygens (including phenoxy) is 1. The molecule has 3 rings (SSSR count). The molecular weight excluding hydrogens is 264 g/mol.